The van der Waals surface area contributed by atoms with Crippen molar-refractivity contribution >= 4 is 33.8 Å². The average molecular weight is 439 g/mol. The van der Waals surface area contributed by atoms with Gasteiger partial charge >= 0.3 is 6.18 Å². The predicted octanol–water partition coefficient (Wildman–Crippen LogP) is 4.35. The average Bonchev–Trinajstić information content (AvgIpc) is 3.17. The molecule has 1 aliphatic heterocycles. The lowest BCUT2D eigenvalue weighted by atomic mass is 10.0. The molecule has 0 spiro atoms. The first-order valence-electron chi connectivity index (χ1n) is 8.77. The first kappa shape index (κ1) is 20.0. The smallest absolute Gasteiger partial charge is 0.324 e. The lowest BCUT2D eigenvalue weighted by Crippen LogP contribution is -2.23. The van der Waals surface area contributed by atoms with Crippen LogP contribution < -0.4 is 10.6 Å². The highest BCUT2D eigenvalue weighted by Gasteiger charge is 2.36. The molecule has 0 bridgehead atoms. The van der Waals surface area contributed by atoms with Gasteiger partial charge in [-0.1, -0.05) is 6.07 Å². The van der Waals surface area contributed by atoms with E-state index in [2.05, 4.69) is 20.6 Å². The number of alkyl halides is 3. The van der Waals surface area contributed by atoms with E-state index in [1.807, 2.05) is 18.2 Å². The molecule has 3 heterocycles. The minimum atomic E-state index is -4.60. The zero-order valence-corrected chi connectivity index (χ0v) is 17.0. The number of rotatable bonds is 4. The summed E-state index contributed by atoms with van der Waals surface area (Å²) in [5.74, 6) is 0.0782. The molecule has 3 aromatic rings. The van der Waals surface area contributed by atoms with Gasteiger partial charge in [-0.05, 0) is 42.3 Å². The number of hydrogen-bond donors (Lipinski definition) is 2. The van der Waals surface area contributed by atoms with E-state index in [1.54, 1.807) is 5.38 Å². The van der Waals surface area contributed by atoms with Crippen LogP contribution in [-0.2, 0) is 29.9 Å². The highest BCUT2D eigenvalue weighted by atomic mass is 32.2. The fraction of sp³-hybridized carbons (Fsp3) is 0.263. The number of fused-ring (bicyclic) bond motifs is 1. The third-order valence-electron chi connectivity index (χ3n) is 4.58. The van der Waals surface area contributed by atoms with Crippen molar-refractivity contribution < 1.29 is 17.4 Å². The summed E-state index contributed by atoms with van der Waals surface area (Å²) in [6.07, 6.45) is -1.44. The maximum absolute atomic E-state index is 13.5. The molecular formula is C19H17F3N4OS2. The van der Waals surface area contributed by atoms with Crippen molar-refractivity contribution in [3.05, 3.63) is 52.5 Å². The summed E-state index contributed by atoms with van der Waals surface area (Å²) in [6, 6.07) is 7.29. The van der Waals surface area contributed by atoms with Crippen molar-refractivity contribution in [1.82, 2.24) is 15.3 Å². The van der Waals surface area contributed by atoms with Gasteiger partial charge in [0.15, 0.2) is 0 Å². The zero-order valence-electron chi connectivity index (χ0n) is 15.3. The van der Waals surface area contributed by atoms with Crippen LogP contribution in [-0.4, -0.2) is 27.0 Å². The van der Waals surface area contributed by atoms with Crippen molar-refractivity contribution in [2.75, 3.05) is 18.1 Å². The fourth-order valence-corrected chi connectivity index (χ4v) is 4.93. The molecule has 0 saturated carbocycles. The third kappa shape index (κ3) is 4.34. The Bertz CT molecular complexity index is 1080. The lowest BCUT2D eigenvalue weighted by Gasteiger charge is -2.18. The molecule has 5 nitrogen and oxygen atoms in total. The maximum Gasteiger partial charge on any atom is 0.420 e. The number of hydrogen-bond acceptors (Lipinski definition) is 6. The minimum Gasteiger partial charge on any atom is -0.324 e. The molecular weight excluding hydrogens is 421 g/mol. The van der Waals surface area contributed by atoms with E-state index in [0.717, 1.165) is 42.7 Å². The van der Waals surface area contributed by atoms with Gasteiger partial charge in [0.2, 0.25) is 5.95 Å². The molecule has 1 aromatic carbocycles. The Morgan fingerprint density at radius 2 is 2.07 bits per heavy atom. The number of nitrogens with zero attached hydrogens (tertiary/aromatic N) is 2. The second-order valence-corrected chi connectivity index (χ2v) is 8.88. The van der Waals surface area contributed by atoms with Crippen LogP contribution in [0, 0.1) is 0 Å². The molecule has 2 aromatic heterocycles. The Balaban J connectivity index is 1.70. The highest BCUT2D eigenvalue weighted by molar-refractivity contribution is 7.84. The van der Waals surface area contributed by atoms with E-state index in [0.29, 0.717) is 9.77 Å². The van der Waals surface area contributed by atoms with Crippen molar-refractivity contribution in [3.8, 4) is 10.6 Å². The van der Waals surface area contributed by atoms with Gasteiger partial charge in [0, 0.05) is 35.0 Å². The molecule has 152 valence electrons. The summed E-state index contributed by atoms with van der Waals surface area (Å²) in [6.45, 7) is 1.69. The van der Waals surface area contributed by atoms with Crippen LogP contribution in [0.25, 0.3) is 10.6 Å². The molecule has 0 aliphatic carbocycles. The molecule has 0 radical (unpaired) electrons. The SMILES string of the molecule is CS(=O)c1csc(-c2nc(Nc3ccc4c(c3)CCNC4)ncc2C(F)(F)F)c1. The van der Waals surface area contributed by atoms with Crippen molar-refractivity contribution in [1.29, 1.82) is 0 Å². The molecule has 4 rings (SSSR count). The molecule has 0 fully saturated rings. The van der Waals surface area contributed by atoms with Gasteiger partial charge in [-0.2, -0.15) is 13.2 Å². The topological polar surface area (TPSA) is 66.9 Å². The van der Waals surface area contributed by atoms with Crippen molar-refractivity contribution in [3.63, 3.8) is 0 Å². The Labute approximate surface area is 171 Å². The van der Waals surface area contributed by atoms with Gasteiger partial charge in [-0.25, -0.2) is 9.97 Å². The summed E-state index contributed by atoms with van der Waals surface area (Å²) >= 11 is 1.08. The van der Waals surface area contributed by atoms with E-state index < -0.39 is 22.5 Å². The van der Waals surface area contributed by atoms with Crippen LogP contribution in [0.15, 0.2) is 40.7 Å². The fourth-order valence-electron chi connectivity index (χ4n) is 3.12. The van der Waals surface area contributed by atoms with Crippen LogP contribution in [0.5, 0.6) is 0 Å². The van der Waals surface area contributed by atoms with Crippen molar-refractivity contribution in [2.24, 2.45) is 0 Å². The number of nitrogens with one attached hydrogen (secondary N) is 2. The summed E-state index contributed by atoms with van der Waals surface area (Å²) in [5, 5.41) is 7.88. The molecule has 1 atom stereocenters. The van der Waals surface area contributed by atoms with Crippen LogP contribution in [0.4, 0.5) is 24.8 Å². The largest absolute Gasteiger partial charge is 0.420 e. The number of aromatic nitrogens is 2. The standard InChI is InChI=1S/C19H17F3N4OS2/c1-29(27)14-7-16(28-10-14)17-15(19(20,21)22)9-24-18(26-17)25-13-3-2-12-8-23-5-4-11(12)6-13/h2-3,6-7,9-10,23H,4-5,8H2,1H3,(H,24,25,26). The van der Waals surface area contributed by atoms with Crippen LogP contribution in [0.2, 0.25) is 0 Å². The van der Waals surface area contributed by atoms with Gasteiger partial charge in [0.25, 0.3) is 0 Å². The number of thiophene rings is 1. The molecule has 1 aliphatic rings. The Kier molecular flexibility index (Phi) is 5.41. The normalized spacial score (nSPS) is 15.0. The summed E-state index contributed by atoms with van der Waals surface area (Å²) in [7, 11) is -1.28. The van der Waals surface area contributed by atoms with Crippen LogP contribution in [0.3, 0.4) is 0 Å². The summed E-state index contributed by atoms with van der Waals surface area (Å²) < 4.78 is 52.1. The minimum absolute atomic E-state index is 0.0782. The zero-order chi connectivity index (χ0) is 20.6. The van der Waals surface area contributed by atoms with E-state index in [4.69, 9.17) is 0 Å². The third-order valence-corrected chi connectivity index (χ3v) is 6.57. The quantitative estimate of drug-likeness (QED) is 0.634. The van der Waals surface area contributed by atoms with E-state index >= 15 is 0 Å². The molecule has 2 N–H and O–H groups in total. The molecule has 0 amide bonds. The van der Waals surface area contributed by atoms with E-state index in [-0.39, 0.29) is 11.6 Å². The van der Waals surface area contributed by atoms with Gasteiger partial charge < -0.3 is 10.6 Å². The predicted molar refractivity (Wildman–Crippen MR) is 108 cm³/mol. The van der Waals surface area contributed by atoms with Gasteiger partial charge in [-0.3, -0.25) is 4.21 Å². The van der Waals surface area contributed by atoms with Crippen LogP contribution >= 0.6 is 11.3 Å². The Hall–Kier alpha value is -2.30. The van der Waals surface area contributed by atoms with Gasteiger partial charge in [0.05, 0.1) is 21.4 Å². The molecule has 1 unspecified atom stereocenters. The second-order valence-electron chi connectivity index (χ2n) is 6.59. The molecule has 29 heavy (non-hydrogen) atoms. The summed E-state index contributed by atoms with van der Waals surface area (Å²) in [4.78, 5) is 8.78. The van der Waals surface area contributed by atoms with Gasteiger partial charge in [0.1, 0.15) is 5.56 Å². The first-order valence-corrected chi connectivity index (χ1v) is 11.2. The number of benzene rings is 1. The Morgan fingerprint density at radius 3 is 2.79 bits per heavy atom. The van der Waals surface area contributed by atoms with E-state index in [9.17, 15) is 17.4 Å². The van der Waals surface area contributed by atoms with Gasteiger partial charge in [-0.15, -0.1) is 11.3 Å². The maximum atomic E-state index is 13.5. The highest BCUT2D eigenvalue weighted by Crippen LogP contribution is 2.39. The van der Waals surface area contributed by atoms with Crippen molar-refractivity contribution in [2.45, 2.75) is 24.0 Å². The monoisotopic (exact) mass is 438 g/mol. The van der Waals surface area contributed by atoms with Crippen LogP contribution in [0.1, 0.15) is 16.7 Å². The Morgan fingerprint density at radius 1 is 1.24 bits per heavy atom. The lowest BCUT2D eigenvalue weighted by molar-refractivity contribution is -0.137. The number of anilines is 2. The summed E-state index contributed by atoms with van der Waals surface area (Å²) in [5.41, 5.74) is 1.97. The number of halogens is 3. The van der Waals surface area contributed by atoms with E-state index in [1.165, 1.54) is 23.4 Å². The second kappa shape index (κ2) is 7.85. The molecule has 10 heteroatoms. The molecule has 0 saturated heterocycles. The first-order chi connectivity index (χ1) is 13.8.